The van der Waals surface area contributed by atoms with Gasteiger partial charge in [0.05, 0.1) is 43.2 Å². The standard InChI is InChI=1S/C33H31FN10O2/c34-26-4-1-3-23(15-26)19-44-31-9-7-27(16-25(31)18-38-44)39-33-28-17-24(6-8-29(28)35-21-36-33)30-20-43(41-40-30)22-37-32(45)5-2-10-42-11-13-46-14-12-42/h1-9,15-18,20-21H,10-14,19,22H2,(H,37,45)(H,35,36,39)/b5-2+. The summed E-state index contributed by atoms with van der Waals surface area (Å²) < 4.78 is 22.4. The van der Waals surface area contributed by atoms with Gasteiger partial charge in [-0.05, 0) is 48.0 Å². The minimum absolute atomic E-state index is 0.193. The zero-order valence-electron chi connectivity index (χ0n) is 24.9. The number of nitrogens with zero attached hydrogens (tertiary/aromatic N) is 8. The summed E-state index contributed by atoms with van der Waals surface area (Å²) in [5.41, 5.74) is 4.88. The van der Waals surface area contributed by atoms with Gasteiger partial charge in [-0.2, -0.15) is 5.10 Å². The van der Waals surface area contributed by atoms with Gasteiger partial charge < -0.3 is 15.4 Å². The molecular weight excluding hydrogens is 587 g/mol. The molecule has 0 spiro atoms. The number of carbonyl (C=O) groups is 1. The first kappa shape index (κ1) is 29.2. The molecule has 0 radical (unpaired) electrons. The van der Waals surface area contributed by atoms with Crippen LogP contribution in [0.3, 0.4) is 0 Å². The van der Waals surface area contributed by atoms with Crippen molar-refractivity contribution in [2.75, 3.05) is 38.2 Å². The maximum absolute atomic E-state index is 13.7. The van der Waals surface area contributed by atoms with E-state index in [0.29, 0.717) is 24.6 Å². The molecule has 1 amide bonds. The van der Waals surface area contributed by atoms with E-state index < -0.39 is 0 Å². The van der Waals surface area contributed by atoms with Crippen LogP contribution in [0.15, 0.2) is 91.5 Å². The molecule has 0 aliphatic carbocycles. The van der Waals surface area contributed by atoms with Crippen LogP contribution in [0.5, 0.6) is 0 Å². The SMILES string of the molecule is O=C(/C=C/CN1CCOCC1)NCn1cc(-c2ccc3ncnc(Nc4ccc5c(cnn5Cc5cccc(F)c5)c4)c3c2)nn1. The molecule has 1 aliphatic heterocycles. The van der Waals surface area contributed by atoms with Crippen LogP contribution in [-0.2, 0) is 22.7 Å². The molecule has 1 aliphatic rings. The number of rotatable bonds is 10. The molecule has 7 rings (SSSR count). The molecule has 1 fully saturated rings. The van der Waals surface area contributed by atoms with Gasteiger partial charge >= 0.3 is 0 Å². The first-order chi connectivity index (χ1) is 22.6. The van der Waals surface area contributed by atoms with E-state index in [4.69, 9.17) is 4.74 Å². The summed E-state index contributed by atoms with van der Waals surface area (Å²) in [5.74, 6) is 0.181. The summed E-state index contributed by atoms with van der Waals surface area (Å²) in [6.07, 6.45) is 8.50. The first-order valence-corrected chi connectivity index (χ1v) is 14.9. The van der Waals surface area contributed by atoms with E-state index in [1.807, 2.05) is 53.2 Å². The number of hydrogen-bond donors (Lipinski definition) is 2. The van der Waals surface area contributed by atoms with Crippen LogP contribution in [0.25, 0.3) is 33.1 Å². The number of morpholine rings is 1. The van der Waals surface area contributed by atoms with Crippen molar-refractivity contribution in [1.82, 2.24) is 45.0 Å². The molecular formula is C33H31FN10O2. The normalized spacial score (nSPS) is 13.9. The lowest BCUT2D eigenvalue weighted by Gasteiger charge is -2.24. The second kappa shape index (κ2) is 13.2. The average molecular weight is 619 g/mol. The van der Waals surface area contributed by atoms with Gasteiger partial charge in [0, 0.05) is 47.7 Å². The van der Waals surface area contributed by atoms with Crippen molar-refractivity contribution in [3.05, 3.63) is 103 Å². The average Bonchev–Trinajstić information content (AvgIpc) is 3.71. The second-order valence-corrected chi connectivity index (χ2v) is 10.9. The molecule has 13 heteroatoms. The number of amides is 1. The van der Waals surface area contributed by atoms with Crippen LogP contribution >= 0.6 is 0 Å². The van der Waals surface area contributed by atoms with Crippen LogP contribution < -0.4 is 10.6 Å². The summed E-state index contributed by atoms with van der Waals surface area (Å²) >= 11 is 0. The minimum Gasteiger partial charge on any atom is -0.379 e. The van der Waals surface area contributed by atoms with Crippen molar-refractivity contribution < 1.29 is 13.9 Å². The molecule has 12 nitrogen and oxygen atoms in total. The number of halogens is 1. The van der Waals surface area contributed by atoms with Crippen molar-refractivity contribution in [2.24, 2.45) is 0 Å². The lowest BCUT2D eigenvalue weighted by molar-refractivity contribution is -0.117. The molecule has 0 unspecified atom stereocenters. The predicted octanol–water partition coefficient (Wildman–Crippen LogP) is 4.13. The molecule has 232 valence electrons. The van der Waals surface area contributed by atoms with Crippen LogP contribution in [0.1, 0.15) is 5.56 Å². The lowest BCUT2D eigenvalue weighted by Crippen LogP contribution is -2.36. The number of nitrogens with one attached hydrogen (secondary N) is 2. The van der Waals surface area contributed by atoms with E-state index in [-0.39, 0.29) is 18.4 Å². The second-order valence-electron chi connectivity index (χ2n) is 10.9. The summed E-state index contributed by atoms with van der Waals surface area (Å²) in [6, 6.07) is 18.3. The predicted molar refractivity (Wildman–Crippen MR) is 172 cm³/mol. The summed E-state index contributed by atoms with van der Waals surface area (Å²) in [5, 5.41) is 21.0. The van der Waals surface area contributed by atoms with Gasteiger partial charge in [-0.3, -0.25) is 14.4 Å². The smallest absolute Gasteiger partial charge is 0.245 e. The van der Waals surface area contributed by atoms with Gasteiger partial charge in [-0.25, -0.2) is 19.0 Å². The Morgan fingerprint density at radius 3 is 2.85 bits per heavy atom. The maximum atomic E-state index is 13.7. The topological polar surface area (TPSA) is 128 Å². The maximum Gasteiger partial charge on any atom is 0.245 e. The Balaban J connectivity index is 1.03. The zero-order chi connectivity index (χ0) is 31.3. The highest BCUT2D eigenvalue weighted by Gasteiger charge is 2.12. The summed E-state index contributed by atoms with van der Waals surface area (Å²) in [4.78, 5) is 23.5. The first-order valence-electron chi connectivity index (χ1n) is 14.9. The fourth-order valence-corrected chi connectivity index (χ4v) is 5.37. The van der Waals surface area contributed by atoms with E-state index in [9.17, 15) is 9.18 Å². The highest BCUT2D eigenvalue weighted by molar-refractivity contribution is 5.94. The quantitative estimate of drug-likeness (QED) is 0.218. The Labute approximate surface area is 263 Å². The Kier molecular flexibility index (Phi) is 8.39. The largest absolute Gasteiger partial charge is 0.379 e. The molecule has 0 atom stereocenters. The fourth-order valence-electron chi connectivity index (χ4n) is 5.37. The van der Waals surface area contributed by atoms with Gasteiger partial charge in [-0.15, -0.1) is 5.10 Å². The van der Waals surface area contributed by atoms with Crippen LogP contribution in [-0.4, -0.2) is 78.4 Å². The van der Waals surface area contributed by atoms with Gasteiger partial charge in [0.2, 0.25) is 5.91 Å². The zero-order valence-corrected chi connectivity index (χ0v) is 24.9. The Hall–Kier alpha value is -5.53. The minimum atomic E-state index is -0.266. The molecule has 6 aromatic rings. The van der Waals surface area contributed by atoms with Crippen LogP contribution in [0.2, 0.25) is 0 Å². The molecule has 0 bridgehead atoms. The van der Waals surface area contributed by atoms with E-state index >= 15 is 0 Å². The number of hydrogen-bond acceptors (Lipinski definition) is 9. The van der Waals surface area contributed by atoms with Crippen molar-refractivity contribution in [3.8, 4) is 11.3 Å². The molecule has 3 aromatic heterocycles. The van der Waals surface area contributed by atoms with Gasteiger partial charge in [0.1, 0.15) is 30.3 Å². The van der Waals surface area contributed by atoms with Gasteiger partial charge in [-0.1, -0.05) is 29.5 Å². The Bertz CT molecular complexity index is 2030. The van der Waals surface area contributed by atoms with Crippen molar-refractivity contribution in [3.63, 3.8) is 0 Å². The highest BCUT2D eigenvalue weighted by Crippen LogP contribution is 2.29. The number of benzene rings is 3. The Morgan fingerprint density at radius 2 is 1.96 bits per heavy atom. The van der Waals surface area contributed by atoms with E-state index in [2.05, 4.69) is 40.9 Å². The van der Waals surface area contributed by atoms with Gasteiger partial charge in [0.15, 0.2) is 0 Å². The molecule has 0 saturated carbocycles. The lowest BCUT2D eigenvalue weighted by atomic mass is 10.1. The van der Waals surface area contributed by atoms with Gasteiger partial charge in [0.25, 0.3) is 0 Å². The molecule has 1 saturated heterocycles. The van der Waals surface area contributed by atoms with Crippen molar-refractivity contribution in [1.29, 1.82) is 0 Å². The highest BCUT2D eigenvalue weighted by atomic mass is 19.1. The Morgan fingerprint density at radius 1 is 1.04 bits per heavy atom. The fraction of sp³-hybridized carbons (Fsp3) is 0.212. The summed E-state index contributed by atoms with van der Waals surface area (Å²) in [6.45, 7) is 4.56. The van der Waals surface area contributed by atoms with Crippen LogP contribution in [0, 0.1) is 5.82 Å². The molecule has 3 aromatic carbocycles. The number of fused-ring (bicyclic) bond motifs is 2. The third-order valence-electron chi connectivity index (χ3n) is 7.75. The molecule has 46 heavy (non-hydrogen) atoms. The van der Waals surface area contributed by atoms with Crippen LogP contribution in [0.4, 0.5) is 15.9 Å². The van der Waals surface area contributed by atoms with E-state index in [1.54, 1.807) is 29.2 Å². The molecule has 4 heterocycles. The number of carbonyl (C=O) groups excluding carboxylic acids is 1. The van der Waals surface area contributed by atoms with E-state index in [1.165, 1.54) is 18.5 Å². The summed E-state index contributed by atoms with van der Waals surface area (Å²) in [7, 11) is 0. The third kappa shape index (κ3) is 6.75. The van der Waals surface area contributed by atoms with Crippen molar-refractivity contribution in [2.45, 2.75) is 13.2 Å². The van der Waals surface area contributed by atoms with Crippen molar-refractivity contribution >= 4 is 39.2 Å². The molecule has 2 N–H and O–H groups in total. The monoisotopic (exact) mass is 618 g/mol. The number of anilines is 2. The van der Waals surface area contributed by atoms with E-state index in [0.717, 1.165) is 64.9 Å². The third-order valence-corrected chi connectivity index (χ3v) is 7.75. The number of aromatic nitrogens is 7. The number of ether oxygens (including phenoxy) is 1.